The molecule has 0 aromatic rings. The van der Waals surface area contributed by atoms with Gasteiger partial charge in [-0.3, -0.25) is 13.8 Å². The Kier molecular flexibility index (Phi) is 57.8. The van der Waals surface area contributed by atoms with E-state index in [0.717, 1.165) is 44.9 Å². The van der Waals surface area contributed by atoms with E-state index in [1.165, 1.54) is 276 Å². The summed E-state index contributed by atoms with van der Waals surface area (Å²) >= 11 is 0. The Morgan fingerprint density at radius 2 is 0.750 bits per heavy atom. The van der Waals surface area contributed by atoms with E-state index >= 15 is 0 Å². The first-order valence-electron chi connectivity index (χ1n) is 33.7. The topological polar surface area (TPSA) is 105 Å². The Morgan fingerprint density at radius 1 is 0.447 bits per heavy atom. The van der Waals surface area contributed by atoms with E-state index in [4.69, 9.17) is 9.05 Å². The van der Waals surface area contributed by atoms with E-state index in [2.05, 4.69) is 43.5 Å². The molecule has 0 heterocycles. The number of phosphoric acid groups is 1. The number of carbonyl (C=O) groups excluding carboxylic acids is 1. The van der Waals surface area contributed by atoms with Crippen molar-refractivity contribution in [3.63, 3.8) is 0 Å². The molecule has 0 aliphatic carbocycles. The van der Waals surface area contributed by atoms with Crippen LogP contribution in [0.15, 0.2) is 24.3 Å². The third kappa shape index (κ3) is 60.6. The first-order chi connectivity index (χ1) is 37.0. The molecule has 76 heavy (non-hydrogen) atoms. The second kappa shape index (κ2) is 58.6. The molecule has 3 atom stereocenters. The van der Waals surface area contributed by atoms with Crippen LogP contribution in [0.2, 0.25) is 0 Å². The molecule has 8 nitrogen and oxygen atoms in total. The SMILES string of the molecule is CCCCCCCCCCCCCCC/C=C\C/C=C\CCCCCCCCCCCCCCCCCCCC(=O)NC(COP(=O)(O)OCC[N+](C)(C)C)C(O)CCCCCCCCCCCCCCCCCCC. The van der Waals surface area contributed by atoms with Crippen molar-refractivity contribution in [1.82, 2.24) is 5.32 Å². The zero-order valence-electron chi connectivity index (χ0n) is 51.8. The standard InChI is InChI=1S/C67H133N2O6P/c1-6-8-10-12-14-16-18-20-22-24-25-26-27-28-29-30-31-32-33-34-35-36-37-38-39-40-41-42-43-45-47-49-51-53-55-57-59-61-67(71)68-65(64-75-76(72,73)74-63-62-69(3,4)5)66(70)60-58-56-54-52-50-48-46-44-23-21-19-17-15-13-11-9-7-2/h29-30,32-33,65-66,70H,6-28,31,34-64H2,1-5H3,(H-,68,71,72,73)/p+1/b30-29-,33-32-. The largest absolute Gasteiger partial charge is 0.472 e. The number of allylic oxidation sites excluding steroid dienone is 4. The van der Waals surface area contributed by atoms with Crippen molar-refractivity contribution in [1.29, 1.82) is 0 Å². The molecule has 0 saturated carbocycles. The van der Waals surface area contributed by atoms with Crippen LogP contribution in [0, 0.1) is 0 Å². The van der Waals surface area contributed by atoms with Gasteiger partial charge in [0.25, 0.3) is 0 Å². The van der Waals surface area contributed by atoms with Gasteiger partial charge in [0.2, 0.25) is 5.91 Å². The van der Waals surface area contributed by atoms with Crippen LogP contribution in [0.3, 0.4) is 0 Å². The first-order valence-corrected chi connectivity index (χ1v) is 35.2. The molecule has 0 saturated heterocycles. The molecule has 1 amide bonds. The first kappa shape index (κ1) is 75.0. The third-order valence-electron chi connectivity index (χ3n) is 15.7. The maximum absolute atomic E-state index is 13.0. The quantitative estimate of drug-likeness (QED) is 0.0243. The number of amides is 1. The fourth-order valence-electron chi connectivity index (χ4n) is 10.4. The minimum absolute atomic E-state index is 0.0770. The number of nitrogens with zero attached hydrogens (tertiary/aromatic N) is 1. The Morgan fingerprint density at radius 3 is 1.08 bits per heavy atom. The zero-order valence-corrected chi connectivity index (χ0v) is 52.7. The van der Waals surface area contributed by atoms with Crippen molar-refractivity contribution in [3.8, 4) is 0 Å². The highest BCUT2D eigenvalue weighted by molar-refractivity contribution is 7.47. The molecule has 0 rings (SSSR count). The van der Waals surface area contributed by atoms with Gasteiger partial charge in [0.05, 0.1) is 39.9 Å². The van der Waals surface area contributed by atoms with Crippen molar-refractivity contribution in [3.05, 3.63) is 24.3 Å². The highest BCUT2D eigenvalue weighted by Gasteiger charge is 2.28. The normalized spacial score (nSPS) is 13.8. The summed E-state index contributed by atoms with van der Waals surface area (Å²) in [5.74, 6) is -0.138. The van der Waals surface area contributed by atoms with Crippen LogP contribution in [0.5, 0.6) is 0 Å². The minimum Gasteiger partial charge on any atom is -0.391 e. The lowest BCUT2D eigenvalue weighted by Crippen LogP contribution is -2.46. The lowest BCUT2D eigenvalue weighted by Gasteiger charge is -2.26. The van der Waals surface area contributed by atoms with E-state index in [-0.39, 0.29) is 19.1 Å². The van der Waals surface area contributed by atoms with Crippen molar-refractivity contribution in [2.24, 2.45) is 0 Å². The average Bonchev–Trinajstić information content (AvgIpc) is 3.38. The molecule has 3 N–H and O–H groups in total. The number of quaternary nitrogens is 1. The summed E-state index contributed by atoms with van der Waals surface area (Å²) in [4.78, 5) is 23.4. The van der Waals surface area contributed by atoms with Crippen molar-refractivity contribution < 1.29 is 32.9 Å². The number of phosphoric ester groups is 1. The van der Waals surface area contributed by atoms with Crippen molar-refractivity contribution in [2.75, 3.05) is 40.9 Å². The van der Waals surface area contributed by atoms with Crippen LogP contribution in [0.4, 0.5) is 0 Å². The van der Waals surface area contributed by atoms with E-state index in [9.17, 15) is 19.4 Å². The number of rotatable bonds is 63. The smallest absolute Gasteiger partial charge is 0.391 e. The monoisotopic (exact) mass is 1090 g/mol. The summed E-state index contributed by atoms with van der Waals surface area (Å²) in [6.45, 7) is 4.94. The van der Waals surface area contributed by atoms with Gasteiger partial charge in [-0.2, -0.15) is 0 Å². The molecule has 0 aromatic carbocycles. The van der Waals surface area contributed by atoms with E-state index < -0.39 is 20.0 Å². The molecule has 9 heteroatoms. The molecule has 0 aliphatic rings. The Hall–Kier alpha value is -1.02. The highest BCUT2D eigenvalue weighted by Crippen LogP contribution is 2.43. The lowest BCUT2D eigenvalue weighted by molar-refractivity contribution is -0.870. The van der Waals surface area contributed by atoms with E-state index in [1.54, 1.807) is 0 Å². The molecule has 0 spiro atoms. The van der Waals surface area contributed by atoms with Crippen LogP contribution < -0.4 is 5.32 Å². The second-order valence-corrected chi connectivity index (χ2v) is 26.0. The molecule has 0 aliphatic heterocycles. The molecule has 0 radical (unpaired) electrons. The number of nitrogens with one attached hydrogen (secondary N) is 1. The summed E-state index contributed by atoms with van der Waals surface area (Å²) in [6.07, 6.45) is 75.6. The summed E-state index contributed by atoms with van der Waals surface area (Å²) in [5, 5.41) is 14.1. The number of carbonyl (C=O) groups is 1. The second-order valence-electron chi connectivity index (χ2n) is 24.6. The Bertz CT molecular complexity index is 1290. The van der Waals surface area contributed by atoms with Crippen LogP contribution in [-0.2, 0) is 18.4 Å². The maximum Gasteiger partial charge on any atom is 0.472 e. The maximum atomic E-state index is 13.0. The summed E-state index contributed by atoms with van der Waals surface area (Å²) in [5.41, 5.74) is 0. The zero-order chi connectivity index (χ0) is 55.6. The fraction of sp³-hybridized carbons (Fsp3) is 0.925. The number of hydrogen-bond donors (Lipinski definition) is 3. The van der Waals surface area contributed by atoms with Gasteiger partial charge in [-0.25, -0.2) is 4.57 Å². The van der Waals surface area contributed by atoms with Gasteiger partial charge in [0, 0.05) is 6.42 Å². The minimum atomic E-state index is -4.32. The lowest BCUT2D eigenvalue weighted by atomic mass is 10.0. The van der Waals surface area contributed by atoms with E-state index in [0.29, 0.717) is 23.9 Å². The number of likely N-dealkylation sites (N-methyl/N-ethyl adjacent to an activating group) is 1. The van der Waals surface area contributed by atoms with Crippen LogP contribution >= 0.6 is 7.82 Å². The Labute approximate surface area is 474 Å². The molecule has 3 unspecified atom stereocenters. The number of hydrogen-bond acceptors (Lipinski definition) is 5. The Balaban J connectivity index is 3.93. The van der Waals surface area contributed by atoms with Crippen molar-refractivity contribution in [2.45, 2.75) is 360 Å². The number of aliphatic hydroxyl groups excluding tert-OH is 1. The average molecular weight is 1090 g/mol. The predicted molar refractivity (Wildman–Crippen MR) is 332 cm³/mol. The van der Waals surface area contributed by atoms with Gasteiger partial charge < -0.3 is 19.8 Å². The third-order valence-corrected chi connectivity index (χ3v) is 16.7. The summed E-state index contributed by atoms with van der Waals surface area (Å²) in [7, 11) is 1.63. The fourth-order valence-corrected chi connectivity index (χ4v) is 11.2. The van der Waals surface area contributed by atoms with Gasteiger partial charge in [-0.15, -0.1) is 0 Å². The molecule has 0 fully saturated rings. The summed E-state index contributed by atoms with van der Waals surface area (Å²) in [6, 6.07) is -0.759. The predicted octanol–water partition coefficient (Wildman–Crippen LogP) is 21.1. The van der Waals surface area contributed by atoms with Gasteiger partial charge in [-0.1, -0.05) is 321 Å². The number of unbranched alkanes of at least 4 members (excludes halogenated alkanes) is 46. The van der Waals surface area contributed by atoms with Crippen LogP contribution in [0.25, 0.3) is 0 Å². The summed E-state index contributed by atoms with van der Waals surface area (Å²) < 4.78 is 23.8. The molecule has 0 bridgehead atoms. The molecule has 0 aromatic heterocycles. The molecule has 452 valence electrons. The van der Waals surface area contributed by atoms with Crippen LogP contribution in [0.1, 0.15) is 348 Å². The van der Waals surface area contributed by atoms with Gasteiger partial charge in [0.1, 0.15) is 13.2 Å². The van der Waals surface area contributed by atoms with E-state index in [1.807, 2.05) is 21.1 Å². The van der Waals surface area contributed by atoms with Gasteiger partial charge >= 0.3 is 7.82 Å². The number of aliphatic hydroxyl groups is 1. The van der Waals surface area contributed by atoms with Gasteiger partial charge in [0.15, 0.2) is 0 Å². The molecular weight excluding hydrogens is 960 g/mol. The van der Waals surface area contributed by atoms with Crippen molar-refractivity contribution >= 4 is 13.7 Å². The van der Waals surface area contributed by atoms with Crippen LogP contribution in [-0.4, -0.2) is 73.4 Å². The van der Waals surface area contributed by atoms with Gasteiger partial charge in [-0.05, 0) is 44.9 Å². The highest BCUT2D eigenvalue weighted by atomic mass is 31.2. The molecular formula is C67H134N2O6P+.